The van der Waals surface area contributed by atoms with E-state index in [1.807, 2.05) is 0 Å². The standard InChI is InChI=1S/C49H95N7O4.4C2HF3O2/c1-45(53-40-30-29-39-52-44-51-38-28-25-37-50)32-23-20-22-27-42-54-46(57)33-24-19-17-15-13-11-9-7-5-3-2-4-6-8-10-12-14-16-18-21-26-41-55-47(58)34-31-43-56-48(59)35-36-49(56)60;4*3-2(4,5)1(6)7/h35-36,45,51-53H,2-34,37-44,50H2,1H3,(H,54,57)(H,55,58);4*(H,6,7). The Morgan fingerprint density at radius 1 is 0.409 bits per heavy atom. The normalized spacial score (nSPS) is 12.5. The van der Waals surface area contributed by atoms with E-state index in [2.05, 4.69) is 33.5 Å². The molecule has 0 bridgehead atoms. The van der Waals surface area contributed by atoms with Gasteiger partial charge in [0.25, 0.3) is 11.8 Å². The fourth-order valence-electron chi connectivity index (χ4n) is 7.87. The van der Waals surface area contributed by atoms with Crippen molar-refractivity contribution in [2.24, 2.45) is 5.73 Å². The number of halogens is 12. The smallest absolute Gasteiger partial charge is 0.475 e. The van der Waals surface area contributed by atoms with Crippen LogP contribution in [0.5, 0.6) is 0 Å². The number of hydrogen-bond donors (Lipinski definition) is 10. The van der Waals surface area contributed by atoms with Crippen molar-refractivity contribution in [2.45, 2.75) is 250 Å². The Morgan fingerprint density at radius 3 is 0.989 bits per heavy atom. The number of carboxylic acids is 4. The molecule has 0 aromatic heterocycles. The molecule has 0 fully saturated rings. The van der Waals surface area contributed by atoms with E-state index in [9.17, 15) is 71.9 Å². The number of imide groups is 1. The summed E-state index contributed by atoms with van der Waals surface area (Å²) in [6.45, 7) is 9.04. The molecule has 31 heteroatoms. The minimum atomic E-state index is -5.08. The number of amides is 4. The van der Waals surface area contributed by atoms with Crippen LogP contribution in [0.3, 0.4) is 0 Å². The van der Waals surface area contributed by atoms with Gasteiger partial charge in [-0.15, -0.1) is 0 Å². The molecule has 1 rings (SSSR count). The zero-order valence-electron chi connectivity index (χ0n) is 50.8. The van der Waals surface area contributed by atoms with Crippen molar-refractivity contribution in [1.82, 2.24) is 31.5 Å². The fraction of sp³-hybridized carbons (Fsp3) is 0.825. The number of nitrogens with two attached hydrogens (primary N) is 1. The molecule has 518 valence electrons. The molecule has 11 N–H and O–H groups in total. The topological polar surface area (TPSA) is 307 Å². The van der Waals surface area contributed by atoms with Crippen LogP contribution in [0, 0.1) is 0 Å². The largest absolute Gasteiger partial charge is 0.490 e. The average molecular weight is 1300 g/mol. The predicted octanol–water partition coefficient (Wildman–Crippen LogP) is 11.6. The lowest BCUT2D eigenvalue weighted by Gasteiger charge is -2.14. The molecule has 1 aliphatic rings. The highest BCUT2D eigenvalue weighted by molar-refractivity contribution is 6.12. The molecule has 0 aromatic carbocycles. The zero-order valence-corrected chi connectivity index (χ0v) is 50.8. The number of carbonyl (C=O) groups is 8. The second kappa shape index (κ2) is 56.9. The number of carboxylic acid groups (broad SMARTS) is 4. The summed E-state index contributed by atoms with van der Waals surface area (Å²) in [5.74, 6) is -11.4. The maximum atomic E-state index is 12.2. The Hall–Kier alpha value is -5.30. The molecule has 0 aromatic rings. The summed E-state index contributed by atoms with van der Waals surface area (Å²) < 4.78 is 127. The Morgan fingerprint density at radius 2 is 0.670 bits per heavy atom. The van der Waals surface area contributed by atoms with Gasteiger partial charge in [0.2, 0.25) is 11.8 Å². The highest BCUT2D eigenvalue weighted by Crippen LogP contribution is 2.18. The number of hydrogen-bond acceptors (Lipinski definition) is 12. The number of carbonyl (C=O) groups excluding carboxylic acids is 4. The number of unbranched alkanes of at least 4 members (excludes halogenated alkanes) is 25. The highest BCUT2D eigenvalue weighted by Gasteiger charge is 2.40. The van der Waals surface area contributed by atoms with Crippen molar-refractivity contribution in [2.75, 3.05) is 52.5 Å². The molecule has 88 heavy (non-hydrogen) atoms. The molecule has 1 aliphatic heterocycles. The zero-order chi connectivity index (χ0) is 67.7. The molecule has 0 aliphatic carbocycles. The van der Waals surface area contributed by atoms with Crippen LogP contribution in [0.4, 0.5) is 52.7 Å². The van der Waals surface area contributed by atoms with Crippen LogP contribution in [0.2, 0.25) is 0 Å². The second-order valence-electron chi connectivity index (χ2n) is 20.8. The van der Waals surface area contributed by atoms with Crippen LogP contribution < -0.4 is 32.3 Å². The van der Waals surface area contributed by atoms with Crippen LogP contribution >= 0.6 is 0 Å². The van der Waals surface area contributed by atoms with Gasteiger partial charge in [0.1, 0.15) is 0 Å². The number of alkyl halides is 12. The van der Waals surface area contributed by atoms with Gasteiger partial charge in [0.05, 0.1) is 0 Å². The van der Waals surface area contributed by atoms with Gasteiger partial charge in [-0.05, 0) is 90.9 Å². The lowest BCUT2D eigenvalue weighted by Crippen LogP contribution is -2.32. The van der Waals surface area contributed by atoms with Gasteiger partial charge >= 0.3 is 48.6 Å². The first kappa shape index (κ1) is 89.1. The van der Waals surface area contributed by atoms with Crippen molar-refractivity contribution in [3.05, 3.63) is 12.2 Å². The van der Waals surface area contributed by atoms with E-state index in [0.717, 1.165) is 77.9 Å². The Balaban J connectivity index is -0.00000102. The van der Waals surface area contributed by atoms with E-state index in [1.165, 1.54) is 171 Å². The van der Waals surface area contributed by atoms with Crippen molar-refractivity contribution < 1.29 is 111 Å². The van der Waals surface area contributed by atoms with Gasteiger partial charge in [0, 0.05) is 57.3 Å². The van der Waals surface area contributed by atoms with Gasteiger partial charge in [-0.2, -0.15) is 52.7 Å². The summed E-state index contributed by atoms with van der Waals surface area (Å²) in [4.78, 5) is 84.0. The first-order chi connectivity index (χ1) is 41.2. The molecule has 4 amide bonds. The SMILES string of the molecule is CC(CCCCCCNC(=O)CCCCCCCCCCCCCCCCCCCCCCCNC(=O)CCCN1C(=O)C=CC1=O)NCCCCNCNCCCCN.O=C(O)C(F)(F)F.O=C(O)C(F)(F)F.O=C(O)C(F)(F)F.O=C(O)C(F)(F)F. The lowest BCUT2D eigenvalue weighted by molar-refractivity contribution is -0.193. The molecule has 1 unspecified atom stereocenters. The molecule has 0 radical (unpaired) electrons. The molecule has 0 saturated carbocycles. The first-order valence-electron chi connectivity index (χ1n) is 30.3. The fourth-order valence-corrected chi connectivity index (χ4v) is 7.87. The number of aliphatic carboxylic acids is 4. The Kier molecular flexibility index (Phi) is 57.6. The monoisotopic (exact) mass is 1300 g/mol. The van der Waals surface area contributed by atoms with Crippen LogP contribution in [0.25, 0.3) is 0 Å². The second-order valence-corrected chi connectivity index (χ2v) is 20.8. The third kappa shape index (κ3) is 66.6. The molecular formula is C57H99F12N7O12. The summed E-state index contributed by atoms with van der Waals surface area (Å²) in [6, 6.07) is 0.583. The van der Waals surface area contributed by atoms with E-state index in [4.69, 9.17) is 45.3 Å². The number of nitrogens with one attached hydrogen (secondary N) is 5. The van der Waals surface area contributed by atoms with Gasteiger partial charge < -0.3 is 52.7 Å². The van der Waals surface area contributed by atoms with Gasteiger partial charge in [-0.3, -0.25) is 24.1 Å². The minimum Gasteiger partial charge on any atom is -0.475 e. The van der Waals surface area contributed by atoms with E-state index in [0.29, 0.717) is 38.4 Å². The third-order valence-electron chi connectivity index (χ3n) is 12.8. The van der Waals surface area contributed by atoms with Crippen molar-refractivity contribution in [3.63, 3.8) is 0 Å². The lowest BCUT2D eigenvalue weighted by atomic mass is 10.0. The molecule has 0 saturated heterocycles. The molecule has 19 nitrogen and oxygen atoms in total. The van der Waals surface area contributed by atoms with Gasteiger partial charge in [-0.25, -0.2) is 19.2 Å². The number of nitrogens with zero attached hydrogens (tertiary/aromatic N) is 1. The first-order valence-corrected chi connectivity index (χ1v) is 30.3. The predicted molar refractivity (Wildman–Crippen MR) is 306 cm³/mol. The summed E-state index contributed by atoms with van der Waals surface area (Å²) in [7, 11) is 0. The summed E-state index contributed by atoms with van der Waals surface area (Å²) in [6.07, 6.45) is 21.8. The molecule has 1 atom stereocenters. The summed E-state index contributed by atoms with van der Waals surface area (Å²) in [5, 5.41) is 45.1. The van der Waals surface area contributed by atoms with Crippen LogP contribution in [0.1, 0.15) is 219 Å². The Bertz CT molecular complexity index is 1750. The van der Waals surface area contributed by atoms with E-state index < -0.39 is 48.6 Å². The summed E-state index contributed by atoms with van der Waals surface area (Å²) in [5.41, 5.74) is 5.51. The summed E-state index contributed by atoms with van der Waals surface area (Å²) >= 11 is 0. The minimum absolute atomic E-state index is 0.00109. The van der Waals surface area contributed by atoms with Crippen molar-refractivity contribution in [3.8, 4) is 0 Å². The van der Waals surface area contributed by atoms with Crippen molar-refractivity contribution in [1.29, 1.82) is 0 Å². The highest BCUT2D eigenvalue weighted by atomic mass is 19.4. The van der Waals surface area contributed by atoms with Crippen molar-refractivity contribution >= 4 is 47.5 Å². The van der Waals surface area contributed by atoms with E-state index in [-0.39, 0.29) is 23.6 Å². The quantitative estimate of drug-likeness (QED) is 0.0117. The third-order valence-corrected chi connectivity index (χ3v) is 12.8. The van der Waals surface area contributed by atoms with Crippen LogP contribution in [-0.2, 0) is 38.4 Å². The molecule has 0 spiro atoms. The average Bonchev–Trinajstić information content (AvgIpc) is 4.06. The van der Waals surface area contributed by atoms with Crippen LogP contribution in [0.15, 0.2) is 12.2 Å². The molecule has 1 heterocycles. The maximum absolute atomic E-state index is 12.2. The van der Waals surface area contributed by atoms with E-state index in [1.54, 1.807) is 0 Å². The van der Waals surface area contributed by atoms with Gasteiger partial charge in [0.15, 0.2) is 0 Å². The maximum Gasteiger partial charge on any atom is 0.490 e. The Labute approximate surface area is 509 Å². The van der Waals surface area contributed by atoms with Gasteiger partial charge in [-0.1, -0.05) is 141 Å². The van der Waals surface area contributed by atoms with Crippen LogP contribution in [-0.4, -0.2) is 156 Å². The number of rotatable bonds is 47. The molecular weight excluding hydrogens is 1200 g/mol. The van der Waals surface area contributed by atoms with E-state index >= 15 is 0 Å².